The second-order valence-electron chi connectivity index (χ2n) is 5.66. The average molecular weight is 327 g/mol. The molecule has 1 atom stereocenters. The highest BCUT2D eigenvalue weighted by molar-refractivity contribution is 7.89. The Morgan fingerprint density at radius 1 is 1.45 bits per heavy atom. The second-order valence-corrected chi connectivity index (χ2v) is 7.56. The Hall–Kier alpha value is -1.51. The third kappa shape index (κ3) is 3.45. The quantitative estimate of drug-likeness (QED) is 0.653. The molecule has 122 valence electrons. The Labute approximate surface area is 130 Å². The molecule has 1 aromatic rings. The zero-order chi connectivity index (χ0) is 16.3. The fourth-order valence-corrected chi connectivity index (χ4v) is 4.65. The molecule has 0 aliphatic carbocycles. The lowest BCUT2D eigenvalue weighted by Crippen LogP contribution is -2.40. The van der Waals surface area contributed by atoms with Gasteiger partial charge in [0, 0.05) is 25.2 Å². The van der Waals surface area contributed by atoms with Gasteiger partial charge in [-0.25, -0.2) is 8.42 Å². The smallest absolute Gasteiger partial charge is 0.269 e. The maximum Gasteiger partial charge on any atom is 0.269 e. The Morgan fingerprint density at radius 3 is 2.77 bits per heavy atom. The summed E-state index contributed by atoms with van der Waals surface area (Å²) >= 11 is 0. The van der Waals surface area contributed by atoms with Crippen LogP contribution in [0.5, 0.6) is 0 Å². The highest BCUT2D eigenvalue weighted by Crippen LogP contribution is 2.28. The third-order valence-corrected chi connectivity index (χ3v) is 6.07. The van der Waals surface area contributed by atoms with E-state index < -0.39 is 14.9 Å². The number of aryl methyl sites for hydroxylation is 1. The number of hydrogen-bond acceptors (Lipinski definition) is 5. The number of sulfonamides is 1. The number of piperidine rings is 1. The van der Waals surface area contributed by atoms with Crippen LogP contribution >= 0.6 is 0 Å². The maximum absolute atomic E-state index is 12.8. The molecular formula is C14H21N3O4S. The van der Waals surface area contributed by atoms with Crippen LogP contribution in [0.2, 0.25) is 0 Å². The predicted molar refractivity (Wildman–Crippen MR) is 83.0 cm³/mol. The lowest BCUT2D eigenvalue weighted by Gasteiger charge is -2.32. The van der Waals surface area contributed by atoms with Crippen molar-refractivity contribution in [3.63, 3.8) is 0 Å². The minimum atomic E-state index is -3.62. The highest BCUT2D eigenvalue weighted by atomic mass is 32.2. The van der Waals surface area contributed by atoms with E-state index >= 15 is 0 Å². The van der Waals surface area contributed by atoms with Crippen LogP contribution in [-0.2, 0) is 10.0 Å². The summed E-state index contributed by atoms with van der Waals surface area (Å²) in [6.45, 7) is 3.09. The SMILES string of the molecule is Cc1cc([N+](=O)[O-])ccc1S(=O)(=O)N1CCCC(CCN)C1. The lowest BCUT2D eigenvalue weighted by molar-refractivity contribution is -0.385. The molecule has 8 heteroatoms. The van der Waals surface area contributed by atoms with E-state index in [1.807, 2.05) is 0 Å². The monoisotopic (exact) mass is 327 g/mol. The first kappa shape index (κ1) is 16.9. The van der Waals surface area contributed by atoms with Crippen molar-refractivity contribution in [1.29, 1.82) is 0 Å². The first-order valence-electron chi connectivity index (χ1n) is 7.31. The summed E-state index contributed by atoms with van der Waals surface area (Å²) in [6.07, 6.45) is 2.61. The van der Waals surface area contributed by atoms with E-state index in [1.165, 1.54) is 22.5 Å². The van der Waals surface area contributed by atoms with Crippen molar-refractivity contribution < 1.29 is 13.3 Å². The highest BCUT2D eigenvalue weighted by Gasteiger charge is 2.31. The van der Waals surface area contributed by atoms with Crippen LogP contribution < -0.4 is 5.73 Å². The predicted octanol–water partition coefficient (Wildman–Crippen LogP) is 1.65. The van der Waals surface area contributed by atoms with Crippen LogP contribution in [0.1, 0.15) is 24.8 Å². The third-order valence-electron chi connectivity index (χ3n) is 4.04. The van der Waals surface area contributed by atoms with Gasteiger partial charge in [0.1, 0.15) is 0 Å². The van der Waals surface area contributed by atoms with Gasteiger partial charge in [0.05, 0.1) is 9.82 Å². The number of nitro groups is 1. The normalized spacial score (nSPS) is 20.0. The molecule has 1 heterocycles. The molecule has 0 spiro atoms. The topological polar surface area (TPSA) is 107 Å². The molecule has 0 bridgehead atoms. The summed E-state index contributed by atoms with van der Waals surface area (Å²) in [5.74, 6) is 0.284. The molecule has 1 aromatic carbocycles. The van der Waals surface area contributed by atoms with Gasteiger partial charge in [-0.05, 0) is 50.3 Å². The molecule has 1 aliphatic heterocycles. The Kier molecular flexibility index (Phi) is 5.15. The van der Waals surface area contributed by atoms with Crippen molar-refractivity contribution in [3.8, 4) is 0 Å². The minimum absolute atomic E-state index is 0.101. The number of non-ortho nitro benzene ring substituents is 1. The van der Waals surface area contributed by atoms with Crippen molar-refractivity contribution in [2.75, 3.05) is 19.6 Å². The molecular weight excluding hydrogens is 306 g/mol. The summed E-state index contributed by atoms with van der Waals surface area (Å²) in [4.78, 5) is 10.4. The van der Waals surface area contributed by atoms with Gasteiger partial charge in [0.25, 0.3) is 5.69 Å². The molecule has 1 saturated heterocycles. The maximum atomic E-state index is 12.8. The van der Waals surface area contributed by atoms with Crippen LogP contribution in [0.3, 0.4) is 0 Å². The summed E-state index contributed by atoms with van der Waals surface area (Å²) in [7, 11) is -3.62. The van der Waals surface area contributed by atoms with Crippen LogP contribution in [0, 0.1) is 23.0 Å². The van der Waals surface area contributed by atoms with Gasteiger partial charge in [-0.2, -0.15) is 4.31 Å². The van der Waals surface area contributed by atoms with E-state index in [0.29, 0.717) is 25.2 Å². The zero-order valence-electron chi connectivity index (χ0n) is 12.6. The first-order valence-corrected chi connectivity index (χ1v) is 8.75. The molecule has 0 amide bonds. The van der Waals surface area contributed by atoms with Crippen LogP contribution in [-0.4, -0.2) is 37.3 Å². The van der Waals surface area contributed by atoms with Crippen molar-refractivity contribution in [2.45, 2.75) is 31.1 Å². The van der Waals surface area contributed by atoms with Crippen molar-refractivity contribution in [1.82, 2.24) is 4.31 Å². The number of rotatable bonds is 5. The largest absolute Gasteiger partial charge is 0.330 e. The lowest BCUT2D eigenvalue weighted by atomic mass is 9.96. The van der Waals surface area contributed by atoms with E-state index in [0.717, 1.165) is 19.3 Å². The standard InChI is InChI=1S/C14H21N3O4S/c1-11-9-13(17(18)19)4-5-14(11)22(20,21)16-8-2-3-12(10-16)6-7-15/h4-5,9,12H,2-3,6-8,10,15H2,1H3. The van der Waals surface area contributed by atoms with Gasteiger partial charge < -0.3 is 5.73 Å². The zero-order valence-corrected chi connectivity index (χ0v) is 13.4. The van der Waals surface area contributed by atoms with Gasteiger partial charge in [-0.3, -0.25) is 10.1 Å². The molecule has 7 nitrogen and oxygen atoms in total. The molecule has 0 radical (unpaired) electrons. The van der Waals surface area contributed by atoms with E-state index in [2.05, 4.69) is 0 Å². The van der Waals surface area contributed by atoms with E-state index in [-0.39, 0.29) is 16.5 Å². The van der Waals surface area contributed by atoms with Gasteiger partial charge in [0.2, 0.25) is 10.0 Å². The molecule has 2 rings (SSSR count). The summed E-state index contributed by atoms with van der Waals surface area (Å²) < 4.78 is 27.0. The van der Waals surface area contributed by atoms with E-state index in [9.17, 15) is 18.5 Å². The summed E-state index contributed by atoms with van der Waals surface area (Å²) in [6, 6.07) is 3.87. The van der Waals surface area contributed by atoms with Gasteiger partial charge in [0.15, 0.2) is 0 Å². The molecule has 2 N–H and O–H groups in total. The molecule has 0 saturated carbocycles. The number of nitrogens with zero attached hydrogens (tertiary/aromatic N) is 2. The molecule has 1 aliphatic rings. The molecule has 22 heavy (non-hydrogen) atoms. The molecule has 1 unspecified atom stereocenters. The molecule has 0 aromatic heterocycles. The van der Waals surface area contributed by atoms with Crippen molar-refractivity contribution >= 4 is 15.7 Å². The number of benzene rings is 1. The minimum Gasteiger partial charge on any atom is -0.330 e. The van der Waals surface area contributed by atoms with Gasteiger partial charge in [-0.1, -0.05) is 0 Å². The Morgan fingerprint density at radius 2 is 2.18 bits per heavy atom. The fourth-order valence-electron chi connectivity index (χ4n) is 2.89. The number of hydrogen-bond donors (Lipinski definition) is 1. The van der Waals surface area contributed by atoms with Gasteiger partial charge in [-0.15, -0.1) is 0 Å². The van der Waals surface area contributed by atoms with Crippen LogP contribution in [0.4, 0.5) is 5.69 Å². The second kappa shape index (κ2) is 6.72. The fraction of sp³-hybridized carbons (Fsp3) is 0.571. The molecule has 1 fully saturated rings. The summed E-state index contributed by atoms with van der Waals surface area (Å²) in [5.41, 5.74) is 5.86. The van der Waals surface area contributed by atoms with Crippen molar-refractivity contribution in [3.05, 3.63) is 33.9 Å². The number of nitrogens with two attached hydrogens (primary N) is 1. The Bertz CT molecular complexity index is 658. The van der Waals surface area contributed by atoms with Crippen LogP contribution in [0.15, 0.2) is 23.1 Å². The van der Waals surface area contributed by atoms with Gasteiger partial charge >= 0.3 is 0 Å². The first-order chi connectivity index (χ1) is 10.4. The summed E-state index contributed by atoms with van der Waals surface area (Å²) in [5, 5.41) is 10.8. The van der Waals surface area contributed by atoms with Crippen LogP contribution in [0.25, 0.3) is 0 Å². The Balaban J connectivity index is 2.28. The van der Waals surface area contributed by atoms with E-state index in [4.69, 9.17) is 5.73 Å². The van der Waals surface area contributed by atoms with Crippen molar-refractivity contribution in [2.24, 2.45) is 11.7 Å². The number of nitro benzene ring substituents is 1. The average Bonchev–Trinajstić information content (AvgIpc) is 2.47. The van der Waals surface area contributed by atoms with E-state index in [1.54, 1.807) is 6.92 Å².